The van der Waals surface area contributed by atoms with Crippen LogP contribution in [0, 0.1) is 0 Å². The highest BCUT2D eigenvalue weighted by molar-refractivity contribution is 6.37. The first kappa shape index (κ1) is 13.9. The monoisotopic (exact) mass is 316 g/mol. The van der Waals surface area contributed by atoms with E-state index in [4.69, 9.17) is 23.2 Å². The van der Waals surface area contributed by atoms with Gasteiger partial charge in [-0.15, -0.1) is 0 Å². The highest BCUT2D eigenvalue weighted by Gasteiger charge is 2.14. The standard InChI is InChI=1S/C16H10Cl2N2O/c17-14-13(10-4-2-1-3-5-10)15(18)20-16(19-14)11-6-8-12(21)9-7-11/h1-9,21H. The maximum atomic E-state index is 9.31. The molecule has 0 unspecified atom stereocenters. The summed E-state index contributed by atoms with van der Waals surface area (Å²) < 4.78 is 0. The molecule has 0 aliphatic carbocycles. The Morgan fingerprint density at radius 2 is 1.29 bits per heavy atom. The summed E-state index contributed by atoms with van der Waals surface area (Å²) in [7, 11) is 0. The molecule has 21 heavy (non-hydrogen) atoms. The lowest BCUT2D eigenvalue weighted by molar-refractivity contribution is 0.475. The number of aromatic hydroxyl groups is 1. The molecule has 2 aromatic carbocycles. The van der Waals surface area contributed by atoms with Crippen LogP contribution in [0.25, 0.3) is 22.5 Å². The van der Waals surface area contributed by atoms with Crippen molar-refractivity contribution >= 4 is 23.2 Å². The van der Waals surface area contributed by atoms with E-state index < -0.39 is 0 Å². The molecule has 0 radical (unpaired) electrons. The summed E-state index contributed by atoms with van der Waals surface area (Å²) in [5.41, 5.74) is 2.21. The molecule has 0 aliphatic heterocycles. The zero-order valence-corrected chi connectivity index (χ0v) is 12.3. The molecule has 104 valence electrons. The smallest absolute Gasteiger partial charge is 0.162 e. The lowest BCUT2D eigenvalue weighted by Crippen LogP contribution is -1.94. The molecule has 0 amide bonds. The van der Waals surface area contributed by atoms with Crippen molar-refractivity contribution in [3.63, 3.8) is 0 Å². The van der Waals surface area contributed by atoms with Crippen molar-refractivity contribution < 1.29 is 5.11 Å². The van der Waals surface area contributed by atoms with Gasteiger partial charge in [-0.05, 0) is 29.8 Å². The molecule has 0 fully saturated rings. The molecule has 0 spiro atoms. The number of halogens is 2. The van der Waals surface area contributed by atoms with Crippen LogP contribution in [-0.2, 0) is 0 Å². The molecule has 3 nitrogen and oxygen atoms in total. The third kappa shape index (κ3) is 2.84. The maximum absolute atomic E-state index is 9.31. The molecular weight excluding hydrogens is 307 g/mol. The van der Waals surface area contributed by atoms with Crippen LogP contribution in [0.2, 0.25) is 10.3 Å². The van der Waals surface area contributed by atoms with Gasteiger partial charge in [0.15, 0.2) is 5.82 Å². The first-order valence-electron chi connectivity index (χ1n) is 6.23. The van der Waals surface area contributed by atoms with Crippen molar-refractivity contribution in [3.8, 4) is 28.3 Å². The maximum Gasteiger partial charge on any atom is 0.162 e. The van der Waals surface area contributed by atoms with Crippen LogP contribution in [0.3, 0.4) is 0 Å². The molecule has 5 heteroatoms. The molecule has 3 aromatic rings. The second kappa shape index (κ2) is 5.72. The summed E-state index contributed by atoms with van der Waals surface area (Å²) in [6, 6.07) is 16.0. The average Bonchev–Trinajstić information content (AvgIpc) is 2.48. The summed E-state index contributed by atoms with van der Waals surface area (Å²) in [5.74, 6) is 0.599. The summed E-state index contributed by atoms with van der Waals surface area (Å²) in [5, 5.41) is 9.90. The number of phenols is 1. The quantitative estimate of drug-likeness (QED) is 0.689. The molecule has 0 saturated heterocycles. The normalized spacial score (nSPS) is 10.6. The van der Waals surface area contributed by atoms with E-state index in [1.54, 1.807) is 24.3 Å². The first-order valence-corrected chi connectivity index (χ1v) is 6.98. The minimum atomic E-state index is 0.178. The van der Waals surface area contributed by atoms with E-state index in [1.807, 2.05) is 30.3 Å². The van der Waals surface area contributed by atoms with Gasteiger partial charge in [-0.3, -0.25) is 0 Å². The van der Waals surface area contributed by atoms with Crippen molar-refractivity contribution in [3.05, 3.63) is 64.9 Å². The van der Waals surface area contributed by atoms with E-state index in [0.29, 0.717) is 21.7 Å². The zero-order chi connectivity index (χ0) is 14.8. The van der Waals surface area contributed by atoms with Gasteiger partial charge in [-0.2, -0.15) is 0 Å². The van der Waals surface area contributed by atoms with Crippen LogP contribution in [-0.4, -0.2) is 15.1 Å². The van der Waals surface area contributed by atoms with Crippen LogP contribution in [0.4, 0.5) is 0 Å². The second-order valence-corrected chi connectivity index (χ2v) is 5.13. The summed E-state index contributed by atoms with van der Waals surface area (Å²) in [6.45, 7) is 0. The van der Waals surface area contributed by atoms with Crippen molar-refractivity contribution in [2.75, 3.05) is 0 Å². The van der Waals surface area contributed by atoms with Gasteiger partial charge in [-0.1, -0.05) is 53.5 Å². The largest absolute Gasteiger partial charge is 0.508 e. The molecule has 1 N–H and O–H groups in total. The predicted octanol–water partition coefficient (Wildman–Crippen LogP) is 4.82. The molecule has 1 heterocycles. The van der Waals surface area contributed by atoms with E-state index in [-0.39, 0.29) is 5.75 Å². The van der Waals surface area contributed by atoms with E-state index in [2.05, 4.69) is 9.97 Å². The van der Waals surface area contributed by atoms with Crippen molar-refractivity contribution in [2.45, 2.75) is 0 Å². The van der Waals surface area contributed by atoms with Gasteiger partial charge in [0.1, 0.15) is 16.1 Å². The lowest BCUT2D eigenvalue weighted by atomic mass is 10.1. The molecular formula is C16H10Cl2N2O. The van der Waals surface area contributed by atoms with Crippen LogP contribution in [0.15, 0.2) is 54.6 Å². The van der Waals surface area contributed by atoms with E-state index in [1.165, 1.54) is 0 Å². The highest BCUT2D eigenvalue weighted by Crippen LogP contribution is 2.34. The van der Waals surface area contributed by atoms with Gasteiger partial charge in [0.05, 0.1) is 5.56 Å². The zero-order valence-electron chi connectivity index (χ0n) is 10.8. The summed E-state index contributed by atoms with van der Waals surface area (Å²) >= 11 is 12.5. The van der Waals surface area contributed by atoms with Gasteiger partial charge in [-0.25, -0.2) is 9.97 Å². The predicted molar refractivity (Wildman–Crippen MR) is 84.6 cm³/mol. The number of hydrogen-bond donors (Lipinski definition) is 1. The fourth-order valence-corrected chi connectivity index (χ4v) is 2.60. The number of phenolic OH excluding ortho intramolecular Hbond substituents is 1. The van der Waals surface area contributed by atoms with Crippen LogP contribution < -0.4 is 0 Å². The molecule has 1 aromatic heterocycles. The van der Waals surface area contributed by atoms with Crippen molar-refractivity contribution in [2.24, 2.45) is 0 Å². The van der Waals surface area contributed by atoms with Gasteiger partial charge >= 0.3 is 0 Å². The topological polar surface area (TPSA) is 46.0 Å². The second-order valence-electron chi connectivity index (χ2n) is 4.42. The Balaban J connectivity index is 2.10. The Hall–Kier alpha value is -2.10. The van der Waals surface area contributed by atoms with Crippen LogP contribution in [0.5, 0.6) is 5.75 Å². The van der Waals surface area contributed by atoms with Crippen molar-refractivity contribution in [1.82, 2.24) is 9.97 Å². The van der Waals surface area contributed by atoms with Gasteiger partial charge in [0.25, 0.3) is 0 Å². The molecule has 0 atom stereocenters. The van der Waals surface area contributed by atoms with Crippen LogP contribution in [0.1, 0.15) is 0 Å². The molecule has 0 aliphatic rings. The summed E-state index contributed by atoms with van der Waals surface area (Å²) in [4.78, 5) is 8.60. The number of benzene rings is 2. The Bertz CT molecular complexity index is 751. The fraction of sp³-hybridized carbons (Fsp3) is 0. The Labute approximate surface area is 131 Å². The SMILES string of the molecule is Oc1ccc(-c2nc(Cl)c(-c3ccccc3)c(Cl)n2)cc1. The molecule has 3 rings (SSSR count). The third-order valence-corrected chi connectivity index (χ3v) is 3.56. The number of hydrogen-bond acceptors (Lipinski definition) is 3. The van der Waals surface area contributed by atoms with Crippen molar-refractivity contribution in [1.29, 1.82) is 0 Å². The van der Waals surface area contributed by atoms with Gasteiger partial charge < -0.3 is 5.11 Å². The minimum absolute atomic E-state index is 0.178. The number of rotatable bonds is 2. The molecule has 0 bridgehead atoms. The number of nitrogens with zero attached hydrogens (tertiary/aromatic N) is 2. The Morgan fingerprint density at radius 3 is 1.86 bits per heavy atom. The Morgan fingerprint density at radius 1 is 0.714 bits per heavy atom. The third-order valence-electron chi connectivity index (χ3n) is 3.01. The van der Waals surface area contributed by atoms with E-state index in [9.17, 15) is 5.11 Å². The summed E-state index contributed by atoms with van der Waals surface area (Å²) in [6.07, 6.45) is 0. The van der Waals surface area contributed by atoms with Crippen LogP contribution >= 0.6 is 23.2 Å². The average molecular weight is 317 g/mol. The minimum Gasteiger partial charge on any atom is -0.508 e. The first-order chi connectivity index (χ1) is 10.1. The van der Waals surface area contributed by atoms with Gasteiger partial charge in [0.2, 0.25) is 0 Å². The fourth-order valence-electron chi connectivity index (χ4n) is 1.99. The molecule has 0 saturated carbocycles. The van der Waals surface area contributed by atoms with E-state index in [0.717, 1.165) is 11.1 Å². The van der Waals surface area contributed by atoms with E-state index >= 15 is 0 Å². The van der Waals surface area contributed by atoms with Gasteiger partial charge in [0, 0.05) is 5.56 Å². The highest BCUT2D eigenvalue weighted by atomic mass is 35.5. The number of aromatic nitrogens is 2. The Kier molecular flexibility index (Phi) is 3.78. The lowest BCUT2D eigenvalue weighted by Gasteiger charge is -2.08.